The quantitative estimate of drug-likeness (QED) is 0.699. The zero-order chi connectivity index (χ0) is 12.2. The molecule has 0 aliphatic heterocycles. The van der Waals surface area contributed by atoms with Gasteiger partial charge < -0.3 is 10.4 Å². The lowest BCUT2D eigenvalue weighted by molar-refractivity contribution is -0.140. The summed E-state index contributed by atoms with van der Waals surface area (Å²) in [5.74, 6) is -1.40. The van der Waals surface area contributed by atoms with Gasteiger partial charge in [0.1, 0.15) is 6.04 Å². The second kappa shape index (κ2) is 4.96. The summed E-state index contributed by atoms with van der Waals surface area (Å²) in [6, 6.07) is -0.860. The highest BCUT2D eigenvalue weighted by molar-refractivity contribution is 5.91. The summed E-state index contributed by atoms with van der Waals surface area (Å²) in [6.07, 6.45) is 1.44. The van der Waals surface area contributed by atoms with Crippen LogP contribution in [-0.2, 0) is 9.59 Å². The van der Waals surface area contributed by atoms with Gasteiger partial charge in [0.25, 0.3) is 0 Å². The van der Waals surface area contributed by atoms with Crippen LogP contribution in [0.1, 0.15) is 34.6 Å². The van der Waals surface area contributed by atoms with E-state index in [1.165, 1.54) is 13.0 Å². The molecule has 0 unspecified atom stereocenters. The van der Waals surface area contributed by atoms with E-state index in [2.05, 4.69) is 5.32 Å². The molecule has 4 nitrogen and oxygen atoms in total. The van der Waals surface area contributed by atoms with Crippen molar-refractivity contribution in [3.8, 4) is 0 Å². The molecular weight excluding hydrogens is 194 g/mol. The van der Waals surface area contributed by atoms with E-state index in [1.807, 2.05) is 27.7 Å². The first-order valence-electron chi connectivity index (χ1n) is 4.86. The first-order valence-corrected chi connectivity index (χ1v) is 4.86. The van der Waals surface area contributed by atoms with Crippen molar-refractivity contribution in [2.45, 2.75) is 40.7 Å². The third kappa shape index (κ3) is 5.20. The van der Waals surface area contributed by atoms with Gasteiger partial charge in [0.2, 0.25) is 5.91 Å². The molecule has 86 valence electrons. The topological polar surface area (TPSA) is 66.4 Å². The molecular formula is C11H19NO3. The highest BCUT2D eigenvalue weighted by atomic mass is 16.4. The van der Waals surface area contributed by atoms with Gasteiger partial charge in [-0.2, -0.15) is 0 Å². The molecule has 1 atom stereocenters. The minimum Gasteiger partial charge on any atom is -0.480 e. The van der Waals surface area contributed by atoms with E-state index in [4.69, 9.17) is 5.11 Å². The molecule has 4 heteroatoms. The number of carboxylic acid groups (broad SMARTS) is 1. The van der Waals surface area contributed by atoms with E-state index in [9.17, 15) is 9.59 Å². The van der Waals surface area contributed by atoms with Gasteiger partial charge in [0.05, 0.1) is 0 Å². The second-order valence-corrected chi connectivity index (χ2v) is 4.65. The van der Waals surface area contributed by atoms with Crippen molar-refractivity contribution in [3.05, 3.63) is 11.6 Å². The average molecular weight is 213 g/mol. The molecule has 0 rings (SSSR count). The Morgan fingerprint density at radius 1 is 1.33 bits per heavy atom. The van der Waals surface area contributed by atoms with E-state index in [0.29, 0.717) is 0 Å². The van der Waals surface area contributed by atoms with Crippen molar-refractivity contribution in [2.24, 2.45) is 5.41 Å². The first kappa shape index (κ1) is 13.7. The maximum atomic E-state index is 11.4. The van der Waals surface area contributed by atoms with E-state index in [-0.39, 0.29) is 11.3 Å². The number of amides is 1. The zero-order valence-electron chi connectivity index (χ0n) is 9.92. The zero-order valence-corrected chi connectivity index (χ0v) is 9.92. The van der Waals surface area contributed by atoms with Crippen molar-refractivity contribution in [1.82, 2.24) is 5.32 Å². The van der Waals surface area contributed by atoms with Gasteiger partial charge in [-0.25, -0.2) is 0 Å². The third-order valence-corrected chi connectivity index (χ3v) is 2.26. The summed E-state index contributed by atoms with van der Waals surface area (Å²) < 4.78 is 0. The highest BCUT2D eigenvalue weighted by Crippen LogP contribution is 2.23. The Hall–Kier alpha value is -1.32. The molecule has 0 spiro atoms. The van der Waals surface area contributed by atoms with Crippen molar-refractivity contribution >= 4 is 11.9 Å². The van der Waals surface area contributed by atoms with Gasteiger partial charge in [-0.05, 0) is 19.3 Å². The Bertz CT molecular complexity index is 287. The number of carbonyl (C=O) groups excluding carboxylic acids is 1. The van der Waals surface area contributed by atoms with Crippen LogP contribution in [0.2, 0.25) is 0 Å². The van der Waals surface area contributed by atoms with Gasteiger partial charge in [0.15, 0.2) is 0 Å². The molecule has 0 aromatic carbocycles. The van der Waals surface area contributed by atoms with Crippen LogP contribution >= 0.6 is 0 Å². The van der Waals surface area contributed by atoms with Crippen molar-refractivity contribution in [2.75, 3.05) is 0 Å². The molecule has 15 heavy (non-hydrogen) atoms. The van der Waals surface area contributed by atoms with Crippen LogP contribution in [0.4, 0.5) is 0 Å². The lowest BCUT2D eigenvalue weighted by atomic mass is 9.87. The van der Waals surface area contributed by atoms with Gasteiger partial charge >= 0.3 is 5.97 Å². The fourth-order valence-electron chi connectivity index (χ4n) is 0.730. The molecule has 0 radical (unpaired) electrons. The van der Waals surface area contributed by atoms with Crippen LogP contribution in [0.25, 0.3) is 0 Å². The minimum atomic E-state index is -1.04. The number of carbonyl (C=O) groups is 2. The molecule has 1 amide bonds. The normalized spacial score (nSPS) is 14.6. The molecule has 0 aromatic heterocycles. The average Bonchev–Trinajstić information content (AvgIpc) is 2.01. The number of aliphatic carboxylic acids is 1. The number of hydrogen-bond acceptors (Lipinski definition) is 2. The molecule has 0 fully saturated rings. The first-order chi connectivity index (χ1) is 6.64. The minimum absolute atomic E-state index is 0.0796. The maximum absolute atomic E-state index is 11.4. The van der Waals surface area contributed by atoms with E-state index < -0.39 is 12.0 Å². The Morgan fingerprint density at radius 3 is 2.13 bits per heavy atom. The lowest BCUT2D eigenvalue weighted by Crippen LogP contribution is -2.37. The van der Waals surface area contributed by atoms with Crippen LogP contribution in [0.3, 0.4) is 0 Å². The largest absolute Gasteiger partial charge is 0.480 e. The van der Waals surface area contributed by atoms with Crippen molar-refractivity contribution in [3.63, 3.8) is 0 Å². The monoisotopic (exact) mass is 213 g/mol. The fourth-order valence-corrected chi connectivity index (χ4v) is 0.730. The summed E-state index contributed by atoms with van der Waals surface area (Å²) in [4.78, 5) is 21.8. The summed E-state index contributed by atoms with van der Waals surface area (Å²) in [5.41, 5.74) is 0.835. The molecule has 0 aliphatic rings. The van der Waals surface area contributed by atoms with Crippen molar-refractivity contribution in [1.29, 1.82) is 0 Å². The molecule has 2 N–H and O–H groups in total. The van der Waals surface area contributed by atoms with E-state index >= 15 is 0 Å². The molecule has 0 aliphatic carbocycles. The van der Waals surface area contributed by atoms with Crippen LogP contribution in [0.5, 0.6) is 0 Å². The predicted octanol–water partition coefficient (Wildman–Crippen LogP) is 1.57. The second-order valence-electron chi connectivity index (χ2n) is 4.65. The fraction of sp³-hybridized carbons (Fsp3) is 0.636. The van der Waals surface area contributed by atoms with Crippen molar-refractivity contribution < 1.29 is 14.7 Å². The van der Waals surface area contributed by atoms with Crippen LogP contribution in [0, 0.1) is 5.41 Å². The van der Waals surface area contributed by atoms with Gasteiger partial charge in [0, 0.05) is 6.08 Å². The van der Waals surface area contributed by atoms with E-state index in [0.717, 1.165) is 5.57 Å². The Balaban J connectivity index is 4.44. The molecule has 0 bridgehead atoms. The smallest absolute Gasteiger partial charge is 0.325 e. The van der Waals surface area contributed by atoms with Gasteiger partial charge in [-0.15, -0.1) is 0 Å². The Kier molecular flexibility index (Phi) is 4.52. The lowest BCUT2D eigenvalue weighted by Gasteiger charge is -2.19. The number of rotatable bonds is 3. The molecule has 0 saturated heterocycles. The highest BCUT2D eigenvalue weighted by Gasteiger charge is 2.16. The molecule has 0 aromatic rings. The predicted molar refractivity (Wildman–Crippen MR) is 58.5 cm³/mol. The van der Waals surface area contributed by atoms with Gasteiger partial charge in [-0.3, -0.25) is 9.59 Å². The number of allylic oxidation sites excluding steroid dienone is 1. The molecule has 0 saturated carbocycles. The number of hydrogen-bond donors (Lipinski definition) is 2. The summed E-state index contributed by atoms with van der Waals surface area (Å²) in [6.45, 7) is 9.26. The molecule has 0 heterocycles. The SMILES string of the molecule is C/C(=C/C(=O)N[C@@H](C)C(=O)O)C(C)(C)C. The van der Waals surface area contributed by atoms with E-state index in [1.54, 1.807) is 0 Å². The van der Waals surface area contributed by atoms with Gasteiger partial charge in [-0.1, -0.05) is 26.3 Å². The Labute approximate surface area is 90.4 Å². The number of carboxylic acids is 1. The van der Waals surface area contributed by atoms with Crippen LogP contribution in [0.15, 0.2) is 11.6 Å². The van der Waals surface area contributed by atoms with Crippen LogP contribution < -0.4 is 5.32 Å². The Morgan fingerprint density at radius 2 is 1.80 bits per heavy atom. The summed E-state index contributed by atoms with van der Waals surface area (Å²) in [5, 5.41) is 11.0. The maximum Gasteiger partial charge on any atom is 0.325 e. The standard InChI is InChI=1S/C11H19NO3/c1-7(11(3,4)5)6-9(13)12-8(2)10(14)15/h6,8H,1-5H3,(H,12,13)(H,14,15)/b7-6-/t8-/m0/s1. The van der Waals surface area contributed by atoms with Crippen LogP contribution in [-0.4, -0.2) is 23.0 Å². The third-order valence-electron chi connectivity index (χ3n) is 2.26. The summed E-state index contributed by atoms with van der Waals surface area (Å²) in [7, 11) is 0. The number of nitrogens with one attached hydrogen (secondary N) is 1. The summed E-state index contributed by atoms with van der Waals surface area (Å²) >= 11 is 0.